The number of nitrogens with one attached hydrogen (secondary N) is 1. The van der Waals surface area contributed by atoms with Crippen molar-refractivity contribution in [3.63, 3.8) is 0 Å². The van der Waals surface area contributed by atoms with Gasteiger partial charge in [-0.2, -0.15) is 0 Å². The van der Waals surface area contributed by atoms with E-state index < -0.39 is 5.81 Å². The van der Waals surface area contributed by atoms with Gasteiger partial charge in [0.1, 0.15) is 0 Å². The van der Waals surface area contributed by atoms with Crippen LogP contribution in [0, 0.1) is 6.92 Å². The van der Waals surface area contributed by atoms with E-state index in [2.05, 4.69) is 17.2 Å². The van der Waals surface area contributed by atoms with Crippen molar-refractivity contribution in [2.24, 2.45) is 0 Å². The second kappa shape index (κ2) is 3.71. The molecule has 0 aromatic carbocycles. The number of thiazole rings is 1. The van der Waals surface area contributed by atoms with E-state index in [1.54, 1.807) is 0 Å². The predicted molar refractivity (Wildman–Crippen MR) is 51.0 cm³/mol. The predicted octanol–water partition coefficient (Wildman–Crippen LogP) is 1.71. The minimum atomic E-state index is -0.564. The molecule has 1 aromatic heterocycles. The van der Waals surface area contributed by atoms with Crippen molar-refractivity contribution in [1.29, 1.82) is 0 Å². The van der Waals surface area contributed by atoms with E-state index in [0.717, 1.165) is 12.1 Å². The van der Waals surface area contributed by atoms with Crippen LogP contribution >= 0.6 is 11.3 Å². The second-order valence-corrected chi connectivity index (χ2v) is 3.45. The van der Waals surface area contributed by atoms with E-state index in [1.165, 1.54) is 16.2 Å². The van der Waals surface area contributed by atoms with Gasteiger partial charge in [-0.15, -0.1) is 11.3 Å². The Hall–Kier alpha value is -0.835. The Balaban J connectivity index is 2.82. The van der Waals surface area contributed by atoms with Crippen molar-refractivity contribution in [3.8, 4) is 0 Å². The summed E-state index contributed by atoms with van der Waals surface area (Å²) in [6, 6.07) is 0. The molecule has 1 N–H and O–H groups in total. The monoisotopic (exact) mass is 180 g/mol. The standard InChI is InChI=1S/C7H9BN2OS/c1-3-5-4(2)9-7(12-5)10-6(8)11/h3H2,1-2H3,(H,9,10,11). The van der Waals surface area contributed by atoms with E-state index in [1.807, 2.05) is 6.92 Å². The van der Waals surface area contributed by atoms with E-state index in [9.17, 15) is 4.79 Å². The first-order chi connectivity index (χ1) is 5.63. The summed E-state index contributed by atoms with van der Waals surface area (Å²) in [5.74, 6) is -0.564. The lowest BCUT2D eigenvalue weighted by molar-refractivity contribution is 0.269. The number of nitrogens with zero attached hydrogens (tertiary/aromatic N) is 1. The Labute approximate surface area is 76.6 Å². The van der Waals surface area contributed by atoms with Crippen LogP contribution in [0.1, 0.15) is 17.5 Å². The molecular weight excluding hydrogens is 171 g/mol. The Morgan fingerprint density at radius 3 is 2.83 bits per heavy atom. The molecule has 0 aliphatic heterocycles. The third-order valence-electron chi connectivity index (χ3n) is 1.44. The lowest BCUT2D eigenvalue weighted by atomic mass is 10.1. The van der Waals surface area contributed by atoms with Crippen LogP contribution in [0.2, 0.25) is 0 Å². The molecule has 0 saturated heterocycles. The number of rotatable bonds is 2. The number of aromatic nitrogens is 1. The molecule has 12 heavy (non-hydrogen) atoms. The fraction of sp³-hybridized carbons (Fsp3) is 0.429. The SMILES string of the molecule is [B]C(=O)Nc1nc(C)c(CC)s1. The Kier molecular flexibility index (Phi) is 2.86. The van der Waals surface area contributed by atoms with Crippen molar-refractivity contribution in [2.75, 3.05) is 5.32 Å². The van der Waals surface area contributed by atoms with Crippen LogP contribution in [0.5, 0.6) is 0 Å². The van der Waals surface area contributed by atoms with Gasteiger partial charge >= 0.3 is 0 Å². The topological polar surface area (TPSA) is 42.0 Å². The maximum atomic E-state index is 10.5. The molecule has 5 heteroatoms. The number of carbonyl (C=O) groups excluding carboxylic acids is 1. The molecule has 1 aromatic rings. The molecule has 0 fully saturated rings. The molecule has 62 valence electrons. The first-order valence-corrected chi connectivity index (χ1v) is 4.48. The Bertz CT molecular complexity index is 298. The van der Waals surface area contributed by atoms with Gasteiger partial charge in [0.25, 0.3) is 0 Å². The zero-order valence-electron chi connectivity index (χ0n) is 7.05. The van der Waals surface area contributed by atoms with Crippen LogP contribution < -0.4 is 5.32 Å². The number of amides is 1. The molecule has 0 unspecified atom stereocenters. The summed E-state index contributed by atoms with van der Waals surface area (Å²) in [4.78, 5) is 15.8. The zero-order chi connectivity index (χ0) is 9.14. The Morgan fingerprint density at radius 1 is 1.75 bits per heavy atom. The van der Waals surface area contributed by atoms with E-state index >= 15 is 0 Å². The maximum Gasteiger partial charge on any atom is 0.201 e. The molecule has 2 radical (unpaired) electrons. The van der Waals surface area contributed by atoms with E-state index in [4.69, 9.17) is 7.85 Å². The summed E-state index contributed by atoms with van der Waals surface area (Å²) < 4.78 is 0. The molecule has 3 nitrogen and oxygen atoms in total. The molecular formula is C7H9BN2OS. The lowest BCUT2D eigenvalue weighted by Gasteiger charge is -1.92. The highest BCUT2D eigenvalue weighted by atomic mass is 32.1. The maximum absolute atomic E-state index is 10.5. The van der Waals surface area contributed by atoms with Gasteiger partial charge in [-0.25, -0.2) is 4.98 Å². The first-order valence-electron chi connectivity index (χ1n) is 3.66. The second-order valence-electron chi connectivity index (χ2n) is 2.37. The third kappa shape index (κ3) is 2.07. The van der Waals surface area contributed by atoms with Crippen LogP contribution in [-0.4, -0.2) is 18.6 Å². The van der Waals surface area contributed by atoms with E-state index in [-0.39, 0.29) is 0 Å². The summed E-state index contributed by atoms with van der Waals surface area (Å²) in [5, 5.41) is 3.03. The summed E-state index contributed by atoms with van der Waals surface area (Å²) in [6.45, 7) is 3.97. The average Bonchev–Trinajstić information content (AvgIpc) is 2.29. The van der Waals surface area contributed by atoms with Gasteiger partial charge in [-0.1, -0.05) is 6.92 Å². The molecule has 0 spiro atoms. The van der Waals surface area contributed by atoms with Gasteiger partial charge in [-0.05, 0) is 13.3 Å². The average molecular weight is 180 g/mol. The smallest absolute Gasteiger partial charge is 0.201 e. The number of hydrogen-bond acceptors (Lipinski definition) is 3. The van der Waals surface area contributed by atoms with E-state index in [0.29, 0.717) is 5.13 Å². The molecule has 0 bridgehead atoms. The third-order valence-corrected chi connectivity index (χ3v) is 2.66. The number of carbonyl (C=O) groups is 1. The minimum absolute atomic E-state index is 0.564. The first kappa shape index (κ1) is 9.25. The quantitative estimate of drug-likeness (QED) is 0.704. The van der Waals surface area contributed by atoms with Gasteiger partial charge in [0.15, 0.2) is 10.9 Å². The van der Waals surface area contributed by atoms with Gasteiger partial charge < -0.3 is 5.32 Å². The van der Waals surface area contributed by atoms with Crippen molar-refractivity contribution in [1.82, 2.24) is 4.98 Å². The normalized spacial score (nSPS) is 9.83. The van der Waals surface area contributed by atoms with Gasteiger partial charge in [0, 0.05) is 4.88 Å². The summed E-state index contributed by atoms with van der Waals surface area (Å²) in [5.41, 5.74) is 0.964. The molecule has 1 rings (SSSR count). The molecule has 0 aliphatic carbocycles. The number of anilines is 1. The van der Waals surface area contributed by atoms with Crippen molar-refractivity contribution in [2.45, 2.75) is 20.3 Å². The summed E-state index contributed by atoms with van der Waals surface area (Å²) in [7, 11) is 4.94. The summed E-state index contributed by atoms with van der Waals surface area (Å²) in [6.07, 6.45) is 0.934. The molecule has 0 atom stereocenters. The summed E-state index contributed by atoms with van der Waals surface area (Å²) >= 11 is 1.46. The highest BCUT2D eigenvalue weighted by Crippen LogP contribution is 2.22. The van der Waals surface area contributed by atoms with Crippen molar-refractivity contribution < 1.29 is 4.79 Å². The highest BCUT2D eigenvalue weighted by molar-refractivity contribution is 7.16. The lowest BCUT2D eigenvalue weighted by Crippen LogP contribution is -2.07. The van der Waals surface area contributed by atoms with Crippen molar-refractivity contribution in [3.05, 3.63) is 10.6 Å². The minimum Gasteiger partial charge on any atom is -0.312 e. The van der Waals surface area contributed by atoms with Gasteiger partial charge in [0.2, 0.25) is 7.85 Å². The van der Waals surface area contributed by atoms with Crippen LogP contribution in [0.4, 0.5) is 9.93 Å². The number of hydrogen-bond donors (Lipinski definition) is 1. The molecule has 0 aliphatic rings. The number of aryl methyl sites for hydroxylation is 2. The van der Waals surface area contributed by atoms with Crippen LogP contribution in [-0.2, 0) is 6.42 Å². The molecule has 1 heterocycles. The fourth-order valence-corrected chi connectivity index (χ4v) is 1.82. The zero-order valence-corrected chi connectivity index (χ0v) is 7.86. The molecule has 1 amide bonds. The fourth-order valence-electron chi connectivity index (χ4n) is 0.915. The highest BCUT2D eigenvalue weighted by Gasteiger charge is 2.05. The van der Waals surface area contributed by atoms with Crippen molar-refractivity contribution >= 4 is 30.1 Å². The van der Waals surface area contributed by atoms with Gasteiger partial charge in [0.05, 0.1) is 5.69 Å². The van der Waals surface area contributed by atoms with Crippen LogP contribution in [0.15, 0.2) is 0 Å². The van der Waals surface area contributed by atoms with Gasteiger partial charge in [-0.3, -0.25) is 4.79 Å². The van der Waals surface area contributed by atoms with Crippen LogP contribution in [0.25, 0.3) is 0 Å². The van der Waals surface area contributed by atoms with Crippen LogP contribution in [0.3, 0.4) is 0 Å². The molecule has 0 saturated carbocycles. The Morgan fingerprint density at radius 2 is 2.42 bits per heavy atom. The largest absolute Gasteiger partial charge is 0.312 e.